The van der Waals surface area contributed by atoms with Crippen molar-refractivity contribution in [2.24, 2.45) is 0 Å². The number of rotatable bonds is 3. The molecule has 0 bridgehead atoms. The molecule has 5 nitrogen and oxygen atoms in total. The zero-order chi connectivity index (χ0) is 12.5. The molecule has 2 fully saturated rings. The van der Waals surface area contributed by atoms with Gasteiger partial charge in [-0.2, -0.15) is 0 Å². The Labute approximate surface area is 105 Å². The van der Waals surface area contributed by atoms with E-state index in [0.717, 1.165) is 12.2 Å². The highest BCUT2D eigenvalue weighted by Gasteiger charge is 2.51. The van der Waals surface area contributed by atoms with Crippen molar-refractivity contribution in [2.75, 3.05) is 26.0 Å². The molecule has 2 heterocycles. The molecular formula is C11H18N2O3S. The van der Waals surface area contributed by atoms with Crippen LogP contribution in [0.1, 0.15) is 19.8 Å². The van der Waals surface area contributed by atoms with Crippen LogP contribution in [0.25, 0.3) is 0 Å². The first-order chi connectivity index (χ1) is 8.10. The average molecular weight is 258 g/mol. The van der Waals surface area contributed by atoms with Crippen LogP contribution in [0.4, 0.5) is 0 Å². The first-order valence-corrected chi connectivity index (χ1v) is 6.86. The molecule has 17 heavy (non-hydrogen) atoms. The molecule has 0 aromatic heterocycles. The Kier molecular flexibility index (Phi) is 3.63. The fourth-order valence-electron chi connectivity index (χ4n) is 2.21. The smallest absolute Gasteiger partial charge is 0.323 e. The molecule has 0 saturated carbocycles. The van der Waals surface area contributed by atoms with E-state index in [2.05, 4.69) is 5.32 Å². The Hall–Kier alpha value is -0.750. The zero-order valence-electron chi connectivity index (χ0n) is 10.2. The standard InChI is InChI=1S/C11H18N2O3S/c1-3-4-9(14)13-6-11(7-13)12-8(5-17-11)10(15)16-2/h8,12H,3-7H2,1-2H3/t8-/m0/s1. The van der Waals surface area contributed by atoms with E-state index in [-0.39, 0.29) is 22.8 Å². The van der Waals surface area contributed by atoms with Gasteiger partial charge in [-0.15, -0.1) is 11.8 Å². The number of nitrogens with zero attached hydrogens (tertiary/aromatic N) is 1. The summed E-state index contributed by atoms with van der Waals surface area (Å²) in [7, 11) is 1.40. The molecule has 2 aliphatic heterocycles. The van der Waals surface area contributed by atoms with Gasteiger partial charge >= 0.3 is 5.97 Å². The van der Waals surface area contributed by atoms with Crippen LogP contribution in [0, 0.1) is 0 Å². The summed E-state index contributed by atoms with van der Waals surface area (Å²) in [5.41, 5.74) is 0. The number of carbonyl (C=O) groups is 2. The van der Waals surface area contributed by atoms with Gasteiger partial charge in [0.2, 0.25) is 5.91 Å². The van der Waals surface area contributed by atoms with Crippen LogP contribution >= 0.6 is 11.8 Å². The Morgan fingerprint density at radius 1 is 1.53 bits per heavy atom. The third kappa shape index (κ3) is 2.42. The summed E-state index contributed by atoms with van der Waals surface area (Å²) >= 11 is 1.72. The summed E-state index contributed by atoms with van der Waals surface area (Å²) in [6, 6.07) is -0.228. The number of amides is 1. The van der Waals surface area contributed by atoms with E-state index < -0.39 is 0 Å². The lowest BCUT2D eigenvalue weighted by Gasteiger charge is -2.47. The molecule has 1 atom stereocenters. The predicted molar refractivity (Wildman–Crippen MR) is 65.6 cm³/mol. The number of nitrogens with one attached hydrogen (secondary N) is 1. The second-order valence-corrected chi connectivity index (χ2v) is 5.93. The van der Waals surface area contributed by atoms with Crippen molar-refractivity contribution >= 4 is 23.6 Å². The number of ether oxygens (including phenoxy) is 1. The van der Waals surface area contributed by atoms with Crippen molar-refractivity contribution in [1.82, 2.24) is 10.2 Å². The van der Waals surface area contributed by atoms with Gasteiger partial charge in [-0.05, 0) is 6.42 Å². The van der Waals surface area contributed by atoms with E-state index in [1.165, 1.54) is 7.11 Å². The van der Waals surface area contributed by atoms with E-state index in [9.17, 15) is 9.59 Å². The first-order valence-electron chi connectivity index (χ1n) is 5.87. The molecule has 0 aromatic carbocycles. The minimum Gasteiger partial charge on any atom is -0.468 e. The van der Waals surface area contributed by atoms with Gasteiger partial charge in [0, 0.05) is 12.2 Å². The SMILES string of the molecule is CCCC(=O)N1CC2(C1)N[C@H](C(=O)OC)CS2. The fraction of sp³-hybridized carbons (Fsp3) is 0.818. The van der Waals surface area contributed by atoms with Crippen molar-refractivity contribution in [1.29, 1.82) is 0 Å². The molecule has 2 aliphatic rings. The molecule has 6 heteroatoms. The van der Waals surface area contributed by atoms with E-state index in [1.54, 1.807) is 11.8 Å². The quantitative estimate of drug-likeness (QED) is 0.733. The monoisotopic (exact) mass is 258 g/mol. The van der Waals surface area contributed by atoms with Crippen molar-refractivity contribution in [3.05, 3.63) is 0 Å². The highest BCUT2D eigenvalue weighted by Crippen LogP contribution is 2.38. The Balaban J connectivity index is 1.83. The number of hydrogen-bond donors (Lipinski definition) is 1. The average Bonchev–Trinajstić information content (AvgIpc) is 2.71. The van der Waals surface area contributed by atoms with E-state index in [0.29, 0.717) is 19.5 Å². The summed E-state index contributed by atoms with van der Waals surface area (Å²) in [6.45, 7) is 3.40. The summed E-state index contributed by atoms with van der Waals surface area (Å²) in [6.07, 6.45) is 1.49. The van der Waals surface area contributed by atoms with Crippen LogP contribution in [0.3, 0.4) is 0 Å². The topological polar surface area (TPSA) is 58.6 Å². The third-order valence-electron chi connectivity index (χ3n) is 3.16. The van der Waals surface area contributed by atoms with Gasteiger partial charge in [0.15, 0.2) is 0 Å². The summed E-state index contributed by atoms with van der Waals surface area (Å²) in [5, 5.41) is 3.28. The van der Waals surface area contributed by atoms with Gasteiger partial charge in [0.1, 0.15) is 10.9 Å². The zero-order valence-corrected chi connectivity index (χ0v) is 11.0. The van der Waals surface area contributed by atoms with Crippen LogP contribution in [-0.2, 0) is 14.3 Å². The number of likely N-dealkylation sites (tertiary alicyclic amines) is 1. The van der Waals surface area contributed by atoms with E-state index in [1.807, 2.05) is 11.8 Å². The highest BCUT2D eigenvalue weighted by atomic mass is 32.2. The van der Waals surface area contributed by atoms with Crippen LogP contribution in [0.2, 0.25) is 0 Å². The van der Waals surface area contributed by atoms with Gasteiger partial charge < -0.3 is 9.64 Å². The molecule has 0 unspecified atom stereocenters. The van der Waals surface area contributed by atoms with Gasteiger partial charge in [-0.1, -0.05) is 6.92 Å². The fourth-order valence-corrected chi connectivity index (χ4v) is 3.64. The van der Waals surface area contributed by atoms with Crippen LogP contribution < -0.4 is 5.32 Å². The van der Waals surface area contributed by atoms with Crippen LogP contribution in [0.5, 0.6) is 0 Å². The largest absolute Gasteiger partial charge is 0.468 e. The molecular weight excluding hydrogens is 240 g/mol. The lowest BCUT2D eigenvalue weighted by molar-refractivity contribution is -0.143. The maximum atomic E-state index is 11.6. The van der Waals surface area contributed by atoms with Crippen molar-refractivity contribution in [3.8, 4) is 0 Å². The predicted octanol–water partition coefficient (Wildman–Crippen LogP) is 0.203. The van der Waals surface area contributed by atoms with E-state index >= 15 is 0 Å². The molecule has 2 saturated heterocycles. The second kappa shape index (κ2) is 4.86. The molecule has 1 amide bonds. The minimum atomic E-state index is -0.228. The molecule has 96 valence electrons. The number of methoxy groups -OCH3 is 1. The molecule has 2 rings (SSSR count). The normalized spacial score (nSPS) is 25.8. The second-order valence-electron chi connectivity index (χ2n) is 4.53. The highest BCUT2D eigenvalue weighted by molar-refractivity contribution is 8.01. The number of esters is 1. The third-order valence-corrected chi connectivity index (χ3v) is 4.59. The summed E-state index contributed by atoms with van der Waals surface area (Å²) in [5.74, 6) is 0.720. The summed E-state index contributed by atoms with van der Waals surface area (Å²) in [4.78, 5) is 24.8. The van der Waals surface area contributed by atoms with Gasteiger partial charge in [-0.3, -0.25) is 14.9 Å². The lowest BCUT2D eigenvalue weighted by atomic mass is 10.1. The van der Waals surface area contributed by atoms with Gasteiger partial charge in [-0.25, -0.2) is 0 Å². The maximum Gasteiger partial charge on any atom is 0.323 e. The van der Waals surface area contributed by atoms with Crippen LogP contribution in [0.15, 0.2) is 0 Å². The number of hydrogen-bond acceptors (Lipinski definition) is 5. The van der Waals surface area contributed by atoms with Gasteiger partial charge in [0.25, 0.3) is 0 Å². The summed E-state index contributed by atoms with van der Waals surface area (Å²) < 4.78 is 4.71. The first kappa shape index (κ1) is 12.7. The maximum absolute atomic E-state index is 11.6. The van der Waals surface area contributed by atoms with E-state index in [4.69, 9.17) is 4.74 Å². The molecule has 0 aromatic rings. The van der Waals surface area contributed by atoms with Crippen LogP contribution in [-0.4, -0.2) is 53.6 Å². The Morgan fingerprint density at radius 3 is 2.82 bits per heavy atom. The number of thioether (sulfide) groups is 1. The van der Waals surface area contributed by atoms with Crippen molar-refractivity contribution in [2.45, 2.75) is 30.7 Å². The molecule has 0 radical (unpaired) electrons. The molecule has 1 N–H and O–H groups in total. The van der Waals surface area contributed by atoms with Crippen molar-refractivity contribution in [3.63, 3.8) is 0 Å². The molecule has 1 spiro atoms. The van der Waals surface area contributed by atoms with Gasteiger partial charge in [0.05, 0.1) is 20.2 Å². The minimum absolute atomic E-state index is 0.109. The number of carbonyl (C=O) groups excluding carboxylic acids is 2. The molecule has 0 aliphatic carbocycles. The van der Waals surface area contributed by atoms with Crippen molar-refractivity contribution < 1.29 is 14.3 Å². The Morgan fingerprint density at radius 2 is 2.24 bits per heavy atom. The Bertz CT molecular complexity index is 329. The lowest BCUT2D eigenvalue weighted by Crippen LogP contribution is -2.67.